The molecule has 14 heavy (non-hydrogen) atoms. The normalized spacial score (nSPS) is 9.29. The highest BCUT2D eigenvalue weighted by molar-refractivity contribution is 5.75. The number of fused-ring (bicyclic) bond motifs is 1. The molecule has 0 saturated carbocycles. The molecule has 0 saturated heterocycles. The van der Waals surface area contributed by atoms with Gasteiger partial charge in [-0.3, -0.25) is 36.5 Å². The van der Waals surface area contributed by atoms with Gasteiger partial charge >= 0.3 is 0 Å². The number of nitrogens with one attached hydrogen (secondary N) is 2. The Morgan fingerprint density at radius 3 is 2.43 bits per heavy atom. The second kappa shape index (κ2) is 4.30. The molecule has 7 nitrogen and oxygen atoms in total. The van der Waals surface area contributed by atoms with E-state index in [9.17, 15) is 9.59 Å². The number of aromatic nitrogens is 3. The van der Waals surface area contributed by atoms with Crippen LogP contribution in [0.4, 0.5) is 0 Å². The van der Waals surface area contributed by atoms with Crippen molar-refractivity contribution in [2.75, 3.05) is 0 Å². The third kappa shape index (κ3) is 1.68. The molecule has 0 aliphatic carbocycles. The van der Waals surface area contributed by atoms with Crippen molar-refractivity contribution in [1.82, 2.24) is 15.2 Å². The lowest BCUT2D eigenvalue weighted by Gasteiger charge is -1.91. The molecule has 0 aliphatic heterocycles. The second-order valence-corrected chi connectivity index (χ2v) is 2.31. The maximum atomic E-state index is 11.1. The molecule has 7 heteroatoms. The van der Waals surface area contributed by atoms with Crippen molar-refractivity contribution in [1.29, 1.82) is 0 Å². The third-order valence-corrected chi connectivity index (χ3v) is 1.56. The lowest BCUT2D eigenvalue weighted by molar-refractivity contribution is 0.969. The highest BCUT2D eigenvalue weighted by atomic mass is 16.1. The van der Waals surface area contributed by atoms with Gasteiger partial charge in [-0.1, -0.05) is 0 Å². The van der Waals surface area contributed by atoms with Crippen LogP contribution in [0.5, 0.6) is 0 Å². The fourth-order valence-corrected chi connectivity index (χ4v) is 1.01. The van der Waals surface area contributed by atoms with Crippen molar-refractivity contribution in [3.63, 3.8) is 0 Å². The van der Waals surface area contributed by atoms with Crippen molar-refractivity contribution in [3.05, 3.63) is 39.0 Å². The summed E-state index contributed by atoms with van der Waals surface area (Å²) in [6, 6.07) is 3.16. The summed E-state index contributed by atoms with van der Waals surface area (Å²) < 4.78 is 0. The summed E-state index contributed by atoms with van der Waals surface area (Å²) in [6.07, 6.45) is 1.47. The first-order valence-electron chi connectivity index (χ1n) is 3.68. The van der Waals surface area contributed by atoms with Gasteiger partial charge in [0.05, 0.1) is 5.39 Å². The molecule has 0 atom stereocenters. The van der Waals surface area contributed by atoms with Crippen LogP contribution in [-0.4, -0.2) is 15.2 Å². The largest absolute Gasteiger partial charge is 0.289 e. The molecule has 2 rings (SSSR count). The average Bonchev–Trinajstić information content (AvgIpc) is 2.27. The lowest BCUT2D eigenvalue weighted by Crippen LogP contribution is -2.19. The van der Waals surface area contributed by atoms with E-state index in [0.29, 0.717) is 5.39 Å². The molecule has 2 heterocycles. The van der Waals surface area contributed by atoms with Crippen molar-refractivity contribution in [3.8, 4) is 0 Å². The number of rotatable bonds is 0. The van der Waals surface area contributed by atoms with E-state index in [1.54, 1.807) is 12.1 Å². The molecule has 0 amide bonds. The molecule has 0 bridgehead atoms. The van der Waals surface area contributed by atoms with Gasteiger partial charge in [0.1, 0.15) is 5.52 Å². The Labute approximate surface area is 77.7 Å². The number of H-pyrrole nitrogens is 2. The summed E-state index contributed by atoms with van der Waals surface area (Å²) in [5.74, 6) is 8.00. The standard InChI is InChI=1S/C7H5N3O2.H4N2/c11-6-4-2-1-3-8-5(4)7(12)10-9-6;1-2/h1-3H,(H,9,11)(H,10,12);1-2H2. The summed E-state index contributed by atoms with van der Waals surface area (Å²) in [6.45, 7) is 0. The van der Waals surface area contributed by atoms with Gasteiger partial charge in [-0.25, -0.2) is 0 Å². The summed E-state index contributed by atoms with van der Waals surface area (Å²) in [5.41, 5.74) is -0.552. The zero-order chi connectivity index (χ0) is 10.6. The topological polar surface area (TPSA) is 131 Å². The first-order valence-corrected chi connectivity index (χ1v) is 3.68. The molecule has 2 aromatic rings. The van der Waals surface area contributed by atoms with Gasteiger partial charge in [0.15, 0.2) is 0 Å². The highest BCUT2D eigenvalue weighted by Crippen LogP contribution is 1.96. The van der Waals surface area contributed by atoms with E-state index >= 15 is 0 Å². The van der Waals surface area contributed by atoms with Gasteiger partial charge in [0.2, 0.25) is 0 Å². The number of hydrazine groups is 1. The van der Waals surface area contributed by atoms with Crippen LogP contribution in [0.2, 0.25) is 0 Å². The Kier molecular flexibility index (Phi) is 3.10. The van der Waals surface area contributed by atoms with Gasteiger partial charge in [0.25, 0.3) is 11.1 Å². The Bertz CT molecular complexity index is 481. The zero-order valence-corrected chi connectivity index (χ0v) is 7.15. The number of nitrogens with two attached hydrogens (primary N) is 2. The number of pyridine rings is 1. The van der Waals surface area contributed by atoms with Gasteiger partial charge in [0, 0.05) is 6.20 Å². The molecule has 6 N–H and O–H groups in total. The Balaban J connectivity index is 0.000000461. The fraction of sp³-hybridized carbons (Fsp3) is 0. The predicted octanol–water partition coefficient (Wildman–Crippen LogP) is -1.57. The molecular weight excluding hydrogens is 186 g/mol. The molecule has 2 aromatic heterocycles. The van der Waals surface area contributed by atoms with Crippen LogP contribution in [0.25, 0.3) is 10.9 Å². The minimum atomic E-state index is -0.384. The predicted molar refractivity (Wildman–Crippen MR) is 51.4 cm³/mol. The Morgan fingerprint density at radius 2 is 1.79 bits per heavy atom. The van der Waals surface area contributed by atoms with Crippen LogP contribution in [-0.2, 0) is 0 Å². The fourth-order valence-electron chi connectivity index (χ4n) is 1.01. The number of hydrogen-bond acceptors (Lipinski definition) is 5. The SMILES string of the molecule is NN.O=c1[nH][nH]c(=O)c2ncccc12. The van der Waals surface area contributed by atoms with Crippen LogP contribution < -0.4 is 22.8 Å². The minimum absolute atomic E-state index is 0.168. The molecular formula is C7H9N5O2. The third-order valence-electron chi connectivity index (χ3n) is 1.56. The molecule has 0 radical (unpaired) electrons. The first kappa shape index (κ1) is 10.1. The summed E-state index contributed by atoms with van der Waals surface area (Å²) in [5, 5.41) is 4.70. The zero-order valence-electron chi connectivity index (χ0n) is 7.15. The maximum Gasteiger partial charge on any atom is 0.289 e. The van der Waals surface area contributed by atoms with Crippen LogP contribution in [0.15, 0.2) is 27.9 Å². The molecule has 0 fully saturated rings. The van der Waals surface area contributed by atoms with E-state index in [2.05, 4.69) is 26.9 Å². The monoisotopic (exact) mass is 195 g/mol. The number of aromatic amines is 2. The Morgan fingerprint density at radius 1 is 1.14 bits per heavy atom. The summed E-state index contributed by atoms with van der Waals surface area (Å²) in [4.78, 5) is 25.9. The summed E-state index contributed by atoms with van der Waals surface area (Å²) in [7, 11) is 0. The van der Waals surface area contributed by atoms with Crippen LogP contribution >= 0.6 is 0 Å². The summed E-state index contributed by atoms with van der Waals surface area (Å²) >= 11 is 0. The molecule has 0 spiro atoms. The van der Waals surface area contributed by atoms with Gasteiger partial charge in [-0.15, -0.1) is 0 Å². The average molecular weight is 195 g/mol. The maximum absolute atomic E-state index is 11.1. The van der Waals surface area contributed by atoms with Crippen molar-refractivity contribution < 1.29 is 0 Å². The number of hydrogen-bond donors (Lipinski definition) is 4. The van der Waals surface area contributed by atoms with E-state index in [1.807, 2.05) is 0 Å². The van der Waals surface area contributed by atoms with Gasteiger partial charge < -0.3 is 0 Å². The van der Waals surface area contributed by atoms with E-state index in [1.165, 1.54) is 6.20 Å². The van der Waals surface area contributed by atoms with Crippen molar-refractivity contribution in [2.24, 2.45) is 11.7 Å². The van der Waals surface area contributed by atoms with Crippen molar-refractivity contribution >= 4 is 10.9 Å². The van der Waals surface area contributed by atoms with Crippen molar-refractivity contribution in [2.45, 2.75) is 0 Å². The van der Waals surface area contributed by atoms with E-state index in [-0.39, 0.29) is 16.6 Å². The van der Waals surface area contributed by atoms with Gasteiger partial charge in [-0.05, 0) is 12.1 Å². The second-order valence-electron chi connectivity index (χ2n) is 2.31. The molecule has 0 unspecified atom stereocenters. The van der Waals surface area contributed by atoms with Gasteiger partial charge in [-0.2, -0.15) is 0 Å². The lowest BCUT2D eigenvalue weighted by atomic mass is 10.3. The Hall–Kier alpha value is -1.99. The highest BCUT2D eigenvalue weighted by Gasteiger charge is 2.00. The van der Waals surface area contributed by atoms with Crippen LogP contribution in [0.3, 0.4) is 0 Å². The van der Waals surface area contributed by atoms with E-state index in [0.717, 1.165) is 0 Å². The smallest absolute Gasteiger partial charge is 0.274 e. The molecule has 74 valence electrons. The van der Waals surface area contributed by atoms with Crippen LogP contribution in [0, 0.1) is 0 Å². The molecule has 0 aromatic carbocycles. The molecule has 0 aliphatic rings. The van der Waals surface area contributed by atoms with Crippen LogP contribution in [0.1, 0.15) is 0 Å². The number of nitrogens with zero attached hydrogens (tertiary/aromatic N) is 1. The first-order chi connectivity index (χ1) is 6.79. The van der Waals surface area contributed by atoms with E-state index < -0.39 is 0 Å². The minimum Gasteiger partial charge on any atom is -0.274 e. The quantitative estimate of drug-likeness (QED) is 0.298. The van der Waals surface area contributed by atoms with E-state index in [4.69, 9.17) is 0 Å².